The van der Waals surface area contributed by atoms with Gasteiger partial charge in [-0.15, -0.1) is 12.4 Å². The summed E-state index contributed by atoms with van der Waals surface area (Å²) >= 11 is 0. The largest absolute Gasteiger partial charge is 0.493 e. The smallest absolute Gasteiger partial charge is 0.254 e. The molecule has 1 saturated heterocycles. The summed E-state index contributed by atoms with van der Waals surface area (Å²) in [6.45, 7) is 1.26. The first-order valence-electron chi connectivity index (χ1n) is 6.45. The van der Waals surface area contributed by atoms with Gasteiger partial charge in [0.05, 0.1) is 21.3 Å². The Labute approximate surface area is 130 Å². The molecular weight excluding hydrogens is 296 g/mol. The Morgan fingerprint density at radius 1 is 1.19 bits per heavy atom. The van der Waals surface area contributed by atoms with Crippen LogP contribution < -0.4 is 19.9 Å². The van der Waals surface area contributed by atoms with Crippen LogP contribution in [0.3, 0.4) is 0 Å². The Hall–Kier alpha value is -1.66. The van der Waals surface area contributed by atoms with Crippen molar-refractivity contribution in [3.8, 4) is 17.2 Å². The third-order valence-corrected chi connectivity index (χ3v) is 3.42. The molecule has 0 aromatic heterocycles. The third-order valence-electron chi connectivity index (χ3n) is 3.42. The fourth-order valence-electron chi connectivity index (χ4n) is 2.36. The minimum atomic E-state index is -0.0720. The van der Waals surface area contributed by atoms with Gasteiger partial charge >= 0.3 is 0 Å². The quantitative estimate of drug-likeness (QED) is 0.906. The van der Waals surface area contributed by atoms with E-state index >= 15 is 0 Å². The number of halogens is 1. The average Bonchev–Trinajstić information content (AvgIpc) is 2.91. The second-order valence-electron chi connectivity index (χ2n) is 4.71. The van der Waals surface area contributed by atoms with Gasteiger partial charge < -0.3 is 24.8 Å². The second-order valence-corrected chi connectivity index (χ2v) is 4.71. The van der Waals surface area contributed by atoms with Crippen molar-refractivity contribution in [3.05, 3.63) is 17.7 Å². The van der Waals surface area contributed by atoms with E-state index in [-0.39, 0.29) is 24.4 Å². The number of carbonyl (C=O) groups is 1. The van der Waals surface area contributed by atoms with Crippen LogP contribution in [0.15, 0.2) is 12.1 Å². The third kappa shape index (κ3) is 3.51. The minimum absolute atomic E-state index is 0. The molecule has 1 unspecified atom stereocenters. The summed E-state index contributed by atoms with van der Waals surface area (Å²) in [6, 6.07) is 3.38. The summed E-state index contributed by atoms with van der Waals surface area (Å²) in [4.78, 5) is 14.2. The SMILES string of the molecule is COc1cc(C(=O)N2CCC(N)C2)cc(OC)c1OC.Cl. The lowest BCUT2D eigenvalue weighted by atomic mass is 10.1. The number of amides is 1. The molecular formula is C14H21ClN2O4. The van der Waals surface area contributed by atoms with Crippen LogP contribution in [0.5, 0.6) is 17.2 Å². The molecule has 1 aliphatic heterocycles. The molecule has 0 spiro atoms. The first-order chi connectivity index (χ1) is 9.60. The highest BCUT2D eigenvalue weighted by molar-refractivity contribution is 5.95. The minimum Gasteiger partial charge on any atom is -0.493 e. The zero-order chi connectivity index (χ0) is 14.7. The highest BCUT2D eigenvalue weighted by atomic mass is 35.5. The van der Waals surface area contributed by atoms with Crippen molar-refractivity contribution in [1.82, 2.24) is 4.90 Å². The Balaban J connectivity index is 0.00000220. The topological polar surface area (TPSA) is 74.0 Å². The Bertz CT molecular complexity index is 485. The number of likely N-dealkylation sites (tertiary alicyclic amines) is 1. The standard InChI is InChI=1S/C14H20N2O4.ClH/c1-18-11-6-9(7-12(19-2)13(11)20-3)14(17)16-5-4-10(15)8-16;/h6-7,10H,4-5,8,15H2,1-3H3;1H. The van der Waals surface area contributed by atoms with Crippen LogP contribution in [0, 0.1) is 0 Å². The molecule has 1 aliphatic rings. The number of methoxy groups -OCH3 is 3. The maximum Gasteiger partial charge on any atom is 0.254 e. The number of nitrogens with two attached hydrogens (primary N) is 1. The van der Waals surface area contributed by atoms with Crippen LogP contribution in [0.4, 0.5) is 0 Å². The molecule has 0 radical (unpaired) electrons. The summed E-state index contributed by atoms with van der Waals surface area (Å²) in [5.74, 6) is 1.35. The zero-order valence-corrected chi connectivity index (χ0v) is 13.2. The zero-order valence-electron chi connectivity index (χ0n) is 12.4. The maximum atomic E-state index is 12.4. The lowest BCUT2D eigenvalue weighted by Crippen LogP contribution is -2.31. The van der Waals surface area contributed by atoms with Crippen molar-refractivity contribution < 1.29 is 19.0 Å². The number of benzene rings is 1. The van der Waals surface area contributed by atoms with Crippen LogP contribution in [0.2, 0.25) is 0 Å². The van der Waals surface area contributed by atoms with E-state index in [0.717, 1.165) is 6.42 Å². The molecule has 0 bridgehead atoms. The highest BCUT2D eigenvalue weighted by Crippen LogP contribution is 2.38. The van der Waals surface area contributed by atoms with Crippen LogP contribution in [0.25, 0.3) is 0 Å². The van der Waals surface area contributed by atoms with E-state index in [1.165, 1.54) is 21.3 Å². The van der Waals surface area contributed by atoms with E-state index in [1.807, 2.05) is 0 Å². The van der Waals surface area contributed by atoms with E-state index in [2.05, 4.69) is 0 Å². The Kier molecular flexibility index (Phi) is 6.11. The highest BCUT2D eigenvalue weighted by Gasteiger charge is 2.26. The monoisotopic (exact) mass is 316 g/mol. The Morgan fingerprint density at radius 3 is 2.14 bits per heavy atom. The molecule has 1 heterocycles. The van der Waals surface area contributed by atoms with Gasteiger partial charge in [-0.2, -0.15) is 0 Å². The number of rotatable bonds is 4. The molecule has 6 nitrogen and oxygen atoms in total. The molecule has 1 amide bonds. The van der Waals surface area contributed by atoms with Crippen LogP contribution >= 0.6 is 12.4 Å². The van der Waals surface area contributed by atoms with Crippen LogP contribution in [-0.4, -0.2) is 51.3 Å². The number of hydrogen-bond acceptors (Lipinski definition) is 5. The summed E-state index contributed by atoms with van der Waals surface area (Å²) in [5, 5.41) is 0. The average molecular weight is 317 g/mol. The number of ether oxygens (including phenoxy) is 3. The van der Waals surface area contributed by atoms with Crippen molar-refractivity contribution in [1.29, 1.82) is 0 Å². The van der Waals surface area contributed by atoms with Crippen molar-refractivity contribution in [2.45, 2.75) is 12.5 Å². The van der Waals surface area contributed by atoms with Gasteiger partial charge in [0, 0.05) is 24.7 Å². The molecule has 21 heavy (non-hydrogen) atoms. The van der Waals surface area contributed by atoms with Gasteiger partial charge in [0.1, 0.15) is 0 Å². The molecule has 0 saturated carbocycles. The molecule has 1 atom stereocenters. The molecule has 1 fully saturated rings. The molecule has 2 N–H and O–H groups in total. The van der Waals surface area contributed by atoms with Gasteiger partial charge in [0.15, 0.2) is 11.5 Å². The molecule has 7 heteroatoms. The van der Waals surface area contributed by atoms with Gasteiger partial charge in [0.2, 0.25) is 5.75 Å². The van der Waals surface area contributed by atoms with Gasteiger partial charge in [-0.25, -0.2) is 0 Å². The normalized spacial score (nSPS) is 17.1. The second kappa shape index (κ2) is 7.38. The van der Waals surface area contributed by atoms with Gasteiger partial charge in [0.25, 0.3) is 5.91 Å². The summed E-state index contributed by atoms with van der Waals surface area (Å²) in [5.41, 5.74) is 6.34. The lowest BCUT2D eigenvalue weighted by Gasteiger charge is -2.18. The first kappa shape index (κ1) is 17.4. The molecule has 118 valence electrons. The first-order valence-corrected chi connectivity index (χ1v) is 6.45. The van der Waals surface area contributed by atoms with Crippen LogP contribution in [0.1, 0.15) is 16.8 Å². The molecule has 0 aliphatic carbocycles. The van der Waals surface area contributed by atoms with E-state index in [0.29, 0.717) is 35.9 Å². The number of hydrogen-bond donors (Lipinski definition) is 1. The van der Waals surface area contributed by atoms with Gasteiger partial charge in [-0.3, -0.25) is 4.79 Å². The van der Waals surface area contributed by atoms with Crippen molar-refractivity contribution in [2.75, 3.05) is 34.4 Å². The van der Waals surface area contributed by atoms with Gasteiger partial charge in [-0.1, -0.05) is 0 Å². The molecule has 1 aromatic rings. The van der Waals surface area contributed by atoms with Crippen molar-refractivity contribution >= 4 is 18.3 Å². The predicted molar refractivity (Wildman–Crippen MR) is 81.8 cm³/mol. The molecule has 2 rings (SSSR count). The fourth-order valence-corrected chi connectivity index (χ4v) is 2.36. The van der Waals surface area contributed by atoms with Gasteiger partial charge in [-0.05, 0) is 18.6 Å². The number of nitrogens with zero attached hydrogens (tertiary/aromatic N) is 1. The van der Waals surface area contributed by atoms with E-state index in [1.54, 1.807) is 17.0 Å². The predicted octanol–water partition coefficient (Wildman–Crippen LogP) is 1.31. The van der Waals surface area contributed by atoms with E-state index < -0.39 is 0 Å². The number of carbonyl (C=O) groups excluding carboxylic acids is 1. The van der Waals surface area contributed by atoms with Crippen LogP contribution in [-0.2, 0) is 0 Å². The molecule has 1 aromatic carbocycles. The Morgan fingerprint density at radius 2 is 1.76 bits per heavy atom. The summed E-state index contributed by atoms with van der Waals surface area (Å²) in [6.07, 6.45) is 0.830. The van der Waals surface area contributed by atoms with Crippen molar-refractivity contribution in [3.63, 3.8) is 0 Å². The summed E-state index contributed by atoms with van der Waals surface area (Å²) in [7, 11) is 4.58. The van der Waals surface area contributed by atoms with E-state index in [4.69, 9.17) is 19.9 Å². The fraction of sp³-hybridized carbons (Fsp3) is 0.500. The maximum absolute atomic E-state index is 12.4. The van der Waals surface area contributed by atoms with Crippen molar-refractivity contribution in [2.24, 2.45) is 5.73 Å². The van der Waals surface area contributed by atoms with E-state index in [9.17, 15) is 4.79 Å². The summed E-state index contributed by atoms with van der Waals surface area (Å²) < 4.78 is 15.7. The lowest BCUT2D eigenvalue weighted by molar-refractivity contribution is 0.0790.